The molecule has 6 heteroatoms. The van der Waals surface area contributed by atoms with Crippen molar-refractivity contribution in [3.8, 4) is 0 Å². The fraction of sp³-hybridized carbons (Fsp3) is 0.579. The van der Waals surface area contributed by atoms with Gasteiger partial charge in [0, 0.05) is 12.2 Å². The number of ether oxygens (including phenoxy) is 1. The highest BCUT2D eigenvalue weighted by atomic mass is 16.5. The van der Waals surface area contributed by atoms with Gasteiger partial charge >= 0.3 is 5.97 Å². The van der Waals surface area contributed by atoms with Crippen LogP contribution in [0.15, 0.2) is 30.3 Å². The zero-order valence-electron chi connectivity index (χ0n) is 14.8. The Morgan fingerprint density at radius 1 is 1.20 bits per heavy atom. The van der Waals surface area contributed by atoms with Crippen molar-refractivity contribution >= 4 is 17.6 Å². The van der Waals surface area contributed by atoms with Crippen molar-refractivity contribution in [1.82, 2.24) is 5.32 Å². The third-order valence-electron chi connectivity index (χ3n) is 4.57. The summed E-state index contributed by atoms with van der Waals surface area (Å²) < 4.78 is 5.88. The normalized spacial score (nSPS) is 20.0. The van der Waals surface area contributed by atoms with Crippen LogP contribution >= 0.6 is 0 Å². The Morgan fingerprint density at radius 2 is 1.92 bits per heavy atom. The first-order chi connectivity index (χ1) is 12.1. The van der Waals surface area contributed by atoms with Gasteiger partial charge in [0.2, 0.25) is 5.91 Å². The summed E-state index contributed by atoms with van der Waals surface area (Å²) in [5.74, 6) is -0.592. The summed E-state index contributed by atoms with van der Waals surface area (Å²) >= 11 is 0. The third-order valence-corrected chi connectivity index (χ3v) is 4.57. The van der Waals surface area contributed by atoms with Gasteiger partial charge in [0.15, 0.2) is 0 Å². The van der Waals surface area contributed by atoms with Crippen LogP contribution in [0.5, 0.6) is 0 Å². The molecule has 25 heavy (non-hydrogen) atoms. The van der Waals surface area contributed by atoms with E-state index in [1.165, 1.54) is 19.3 Å². The molecule has 2 N–H and O–H groups in total. The first kappa shape index (κ1) is 19.2. The number of rotatable bonds is 9. The number of nitrogens with zero attached hydrogens (tertiary/aromatic N) is 1. The average Bonchev–Trinajstić information content (AvgIpc) is 2.60. The van der Waals surface area contributed by atoms with Gasteiger partial charge in [-0.05, 0) is 30.9 Å². The molecule has 1 aliphatic rings. The summed E-state index contributed by atoms with van der Waals surface area (Å²) in [5, 5.41) is 11.9. The van der Waals surface area contributed by atoms with Crippen molar-refractivity contribution in [2.45, 2.75) is 38.7 Å². The summed E-state index contributed by atoms with van der Waals surface area (Å²) in [6.45, 7) is 2.94. The summed E-state index contributed by atoms with van der Waals surface area (Å²) in [6.07, 6.45) is 5.07. The Morgan fingerprint density at radius 3 is 2.60 bits per heavy atom. The van der Waals surface area contributed by atoms with E-state index in [-0.39, 0.29) is 19.0 Å². The van der Waals surface area contributed by atoms with E-state index in [0.29, 0.717) is 30.9 Å². The third kappa shape index (κ3) is 6.74. The van der Waals surface area contributed by atoms with E-state index in [9.17, 15) is 9.59 Å². The number of carbonyl (C=O) groups excluding carboxylic acids is 1. The topological polar surface area (TPSA) is 78.9 Å². The van der Waals surface area contributed by atoms with E-state index in [0.717, 1.165) is 6.42 Å². The number of para-hydroxylation sites is 1. The Balaban J connectivity index is 1.74. The molecule has 0 bridgehead atoms. The maximum atomic E-state index is 12.1. The largest absolute Gasteiger partial charge is 0.480 e. The molecule has 0 heterocycles. The van der Waals surface area contributed by atoms with Gasteiger partial charge in [-0.25, -0.2) is 0 Å². The summed E-state index contributed by atoms with van der Waals surface area (Å²) in [6, 6.07) is 9.09. The van der Waals surface area contributed by atoms with E-state index in [4.69, 9.17) is 9.84 Å². The Bertz CT molecular complexity index is 550. The van der Waals surface area contributed by atoms with Gasteiger partial charge < -0.3 is 20.1 Å². The molecular weight excluding hydrogens is 320 g/mol. The maximum absolute atomic E-state index is 12.1. The molecule has 0 aliphatic heterocycles. The second-order valence-electron chi connectivity index (χ2n) is 6.61. The molecular formula is C19H28N2O4. The zero-order valence-corrected chi connectivity index (χ0v) is 14.8. The van der Waals surface area contributed by atoms with E-state index >= 15 is 0 Å². The van der Waals surface area contributed by atoms with Gasteiger partial charge in [-0.15, -0.1) is 0 Å². The van der Waals surface area contributed by atoms with Gasteiger partial charge in [0.1, 0.15) is 6.54 Å². The average molecular weight is 348 g/mol. The number of carbonyl (C=O) groups is 2. The van der Waals surface area contributed by atoms with Crippen LogP contribution in [0, 0.1) is 5.92 Å². The van der Waals surface area contributed by atoms with Crippen LogP contribution in [0.25, 0.3) is 0 Å². The Kier molecular flexibility index (Phi) is 7.73. The molecule has 2 atom stereocenters. The SMILES string of the molecule is CC1CCCCC1OCCNC(=O)CN(CC(=O)O)c1ccccc1. The maximum Gasteiger partial charge on any atom is 0.323 e. The van der Waals surface area contributed by atoms with Gasteiger partial charge in [0.25, 0.3) is 0 Å². The molecule has 2 rings (SSSR count). The van der Waals surface area contributed by atoms with Gasteiger partial charge in [0.05, 0.1) is 19.3 Å². The number of carboxylic acid groups (broad SMARTS) is 1. The number of aliphatic carboxylic acids is 1. The summed E-state index contributed by atoms with van der Waals surface area (Å²) in [4.78, 5) is 24.7. The molecule has 1 amide bonds. The first-order valence-electron chi connectivity index (χ1n) is 8.96. The number of anilines is 1. The van der Waals surface area contributed by atoms with Crippen molar-refractivity contribution in [2.75, 3.05) is 31.1 Å². The van der Waals surface area contributed by atoms with Crippen LogP contribution < -0.4 is 10.2 Å². The molecule has 0 saturated heterocycles. The predicted octanol–water partition coefficient (Wildman–Crippen LogP) is 2.29. The molecule has 138 valence electrons. The Hall–Kier alpha value is -2.08. The highest BCUT2D eigenvalue weighted by Gasteiger charge is 2.21. The highest BCUT2D eigenvalue weighted by Crippen LogP contribution is 2.25. The molecule has 1 aromatic rings. The second kappa shape index (κ2) is 10.0. The predicted molar refractivity (Wildman–Crippen MR) is 96.7 cm³/mol. The van der Waals surface area contributed by atoms with Crippen LogP contribution in [-0.2, 0) is 14.3 Å². The van der Waals surface area contributed by atoms with E-state index in [1.54, 1.807) is 17.0 Å². The van der Waals surface area contributed by atoms with Crippen molar-refractivity contribution < 1.29 is 19.4 Å². The minimum atomic E-state index is -0.966. The molecule has 2 unspecified atom stereocenters. The number of carboxylic acids is 1. The van der Waals surface area contributed by atoms with E-state index < -0.39 is 5.97 Å². The Labute approximate surface area is 149 Å². The van der Waals surface area contributed by atoms with Crippen molar-refractivity contribution in [3.05, 3.63) is 30.3 Å². The van der Waals surface area contributed by atoms with Crippen LogP contribution in [0.3, 0.4) is 0 Å². The van der Waals surface area contributed by atoms with E-state index in [2.05, 4.69) is 12.2 Å². The van der Waals surface area contributed by atoms with Crippen molar-refractivity contribution in [1.29, 1.82) is 0 Å². The molecule has 1 aromatic carbocycles. The second-order valence-corrected chi connectivity index (χ2v) is 6.61. The van der Waals surface area contributed by atoms with E-state index in [1.807, 2.05) is 18.2 Å². The van der Waals surface area contributed by atoms with Crippen LogP contribution in [0.2, 0.25) is 0 Å². The standard InChI is InChI=1S/C19H28N2O4/c1-15-7-5-6-10-17(15)25-12-11-20-18(22)13-21(14-19(23)24)16-8-3-2-4-9-16/h2-4,8-9,15,17H,5-7,10-14H2,1H3,(H,20,22)(H,23,24). The zero-order chi connectivity index (χ0) is 18.1. The highest BCUT2D eigenvalue weighted by molar-refractivity contribution is 5.84. The smallest absolute Gasteiger partial charge is 0.323 e. The fourth-order valence-electron chi connectivity index (χ4n) is 3.20. The number of nitrogens with one attached hydrogen (secondary N) is 1. The molecule has 6 nitrogen and oxygen atoms in total. The van der Waals surface area contributed by atoms with Crippen LogP contribution in [-0.4, -0.2) is 49.3 Å². The van der Waals surface area contributed by atoms with Gasteiger partial charge in [-0.1, -0.05) is 38.0 Å². The number of amides is 1. The van der Waals surface area contributed by atoms with Crippen molar-refractivity contribution in [2.24, 2.45) is 5.92 Å². The van der Waals surface area contributed by atoms with Crippen molar-refractivity contribution in [3.63, 3.8) is 0 Å². The summed E-state index contributed by atoms with van der Waals surface area (Å²) in [7, 11) is 0. The molecule has 0 spiro atoms. The molecule has 1 aliphatic carbocycles. The molecule has 1 saturated carbocycles. The lowest BCUT2D eigenvalue weighted by atomic mass is 9.88. The number of hydrogen-bond acceptors (Lipinski definition) is 4. The fourth-order valence-corrected chi connectivity index (χ4v) is 3.20. The first-order valence-corrected chi connectivity index (χ1v) is 8.96. The van der Waals surface area contributed by atoms with Crippen LogP contribution in [0.1, 0.15) is 32.6 Å². The minimum absolute atomic E-state index is 0.0101. The molecule has 0 aromatic heterocycles. The number of hydrogen-bond donors (Lipinski definition) is 2. The summed E-state index contributed by atoms with van der Waals surface area (Å²) in [5.41, 5.74) is 0.715. The lowest BCUT2D eigenvalue weighted by molar-refractivity contribution is -0.135. The number of benzene rings is 1. The lowest BCUT2D eigenvalue weighted by Crippen LogP contribution is -2.41. The van der Waals surface area contributed by atoms with Gasteiger partial charge in [-0.3, -0.25) is 9.59 Å². The molecule has 1 fully saturated rings. The van der Waals surface area contributed by atoms with Gasteiger partial charge in [-0.2, -0.15) is 0 Å². The quantitative estimate of drug-likeness (QED) is 0.670. The monoisotopic (exact) mass is 348 g/mol. The van der Waals surface area contributed by atoms with Crippen LogP contribution in [0.4, 0.5) is 5.69 Å². The lowest BCUT2D eigenvalue weighted by Gasteiger charge is -2.28. The minimum Gasteiger partial charge on any atom is -0.480 e. The molecule has 0 radical (unpaired) electrons.